The number of aromatic amines is 1. The highest BCUT2D eigenvalue weighted by Gasteiger charge is 2.10. The van der Waals surface area contributed by atoms with Crippen LogP contribution in [0.4, 0.5) is 5.69 Å². The highest BCUT2D eigenvalue weighted by molar-refractivity contribution is 7.99. The molecule has 0 spiro atoms. The Morgan fingerprint density at radius 3 is 2.66 bits per heavy atom. The maximum absolute atomic E-state index is 12.4. The minimum Gasteiger partial charge on any atom is -0.338 e. The highest BCUT2D eigenvalue weighted by Crippen LogP contribution is 2.25. The number of benzene rings is 3. The van der Waals surface area contributed by atoms with Crippen LogP contribution in [0.2, 0.25) is 0 Å². The van der Waals surface area contributed by atoms with Crippen LogP contribution in [0.15, 0.2) is 71.9 Å². The summed E-state index contributed by atoms with van der Waals surface area (Å²) < 4.78 is 0. The third-order valence-electron chi connectivity index (χ3n) is 4.73. The molecule has 5 rings (SSSR count). The highest BCUT2D eigenvalue weighted by atomic mass is 32.2. The number of amides is 1. The number of para-hydroxylation sites is 1. The Labute approximate surface area is 170 Å². The van der Waals surface area contributed by atoms with Gasteiger partial charge in [0.15, 0.2) is 5.65 Å². The SMILES string of the molecule is O=C(CCSc1nnc2c(n1)[nH]c1ccccc12)Nc1cccc2ccccc12. The number of thioether (sulfide) groups is 1. The Morgan fingerprint density at radius 1 is 0.931 bits per heavy atom. The number of nitrogens with one attached hydrogen (secondary N) is 2. The normalized spacial score (nSPS) is 11.3. The van der Waals surface area contributed by atoms with E-state index in [-0.39, 0.29) is 5.91 Å². The largest absolute Gasteiger partial charge is 0.338 e. The molecule has 0 fully saturated rings. The van der Waals surface area contributed by atoms with Gasteiger partial charge in [0.2, 0.25) is 11.1 Å². The maximum atomic E-state index is 12.4. The van der Waals surface area contributed by atoms with Gasteiger partial charge < -0.3 is 10.3 Å². The van der Waals surface area contributed by atoms with Crippen LogP contribution in [0.3, 0.4) is 0 Å². The number of fused-ring (bicyclic) bond motifs is 4. The van der Waals surface area contributed by atoms with E-state index in [1.54, 1.807) is 0 Å². The number of rotatable bonds is 5. The van der Waals surface area contributed by atoms with Crippen LogP contribution in [0.25, 0.3) is 32.8 Å². The summed E-state index contributed by atoms with van der Waals surface area (Å²) in [6.45, 7) is 0. The number of hydrogen-bond donors (Lipinski definition) is 2. The number of anilines is 1. The van der Waals surface area contributed by atoms with Crippen molar-refractivity contribution in [2.45, 2.75) is 11.6 Å². The Kier molecular flexibility index (Phi) is 4.57. The monoisotopic (exact) mass is 399 g/mol. The lowest BCUT2D eigenvalue weighted by Crippen LogP contribution is -2.12. The smallest absolute Gasteiger partial charge is 0.225 e. The van der Waals surface area contributed by atoms with Crippen molar-refractivity contribution < 1.29 is 4.79 Å². The zero-order valence-corrected chi connectivity index (χ0v) is 16.2. The first-order valence-corrected chi connectivity index (χ1v) is 10.3. The average molecular weight is 399 g/mol. The van der Waals surface area contributed by atoms with Crippen LogP contribution < -0.4 is 5.32 Å². The van der Waals surface area contributed by atoms with Crippen molar-refractivity contribution in [3.8, 4) is 0 Å². The molecule has 0 aliphatic rings. The van der Waals surface area contributed by atoms with Crippen LogP contribution in [0.1, 0.15) is 6.42 Å². The van der Waals surface area contributed by atoms with Gasteiger partial charge in [-0.05, 0) is 17.5 Å². The second-order valence-corrected chi connectivity index (χ2v) is 7.70. The van der Waals surface area contributed by atoms with Crippen LogP contribution in [0.5, 0.6) is 0 Å². The summed E-state index contributed by atoms with van der Waals surface area (Å²) in [5.41, 5.74) is 3.29. The van der Waals surface area contributed by atoms with Gasteiger partial charge in [0, 0.05) is 34.2 Å². The van der Waals surface area contributed by atoms with E-state index in [0.29, 0.717) is 23.0 Å². The molecular weight excluding hydrogens is 382 g/mol. The Morgan fingerprint density at radius 2 is 1.72 bits per heavy atom. The number of carbonyl (C=O) groups is 1. The average Bonchev–Trinajstić information content (AvgIpc) is 3.12. The molecule has 0 aliphatic heterocycles. The number of H-pyrrole nitrogens is 1. The summed E-state index contributed by atoms with van der Waals surface area (Å²) in [4.78, 5) is 20.2. The zero-order valence-electron chi connectivity index (χ0n) is 15.4. The quantitative estimate of drug-likeness (QED) is 0.416. The molecule has 3 aromatic carbocycles. The summed E-state index contributed by atoms with van der Waals surface area (Å²) >= 11 is 1.42. The molecule has 142 valence electrons. The lowest BCUT2D eigenvalue weighted by atomic mass is 10.1. The van der Waals surface area contributed by atoms with Gasteiger partial charge in [-0.2, -0.15) is 0 Å². The minimum atomic E-state index is -0.0338. The Balaban J connectivity index is 1.24. The standard InChI is InChI=1S/C22H17N5OS/c28-19(23-17-11-5-7-14-6-1-2-8-15(14)17)12-13-29-22-25-21-20(26-27-22)16-9-3-4-10-18(16)24-21/h1-11H,12-13H2,(H,23,28)(H,24,25,27). The molecule has 2 aromatic heterocycles. The molecule has 0 aliphatic carbocycles. The molecule has 7 heteroatoms. The molecule has 0 radical (unpaired) electrons. The Bertz CT molecular complexity index is 1340. The molecular formula is C22H17N5OS. The van der Waals surface area contributed by atoms with Crippen molar-refractivity contribution >= 4 is 56.2 Å². The van der Waals surface area contributed by atoms with E-state index in [0.717, 1.165) is 32.9 Å². The van der Waals surface area contributed by atoms with Crippen LogP contribution in [-0.4, -0.2) is 31.8 Å². The van der Waals surface area contributed by atoms with E-state index in [2.05, 4.69) is 25.5 Å². The van der Waals surface area contributed by atoms with Crippen LogP contribution >= 0.6 is 11.8 Å². The summed E-state index contributed by atoms with van der Waals surface area (Å²) in [6.07, 6.45) is 0.363. The Hall–Kier alpha value is -3.45. The van der Waals surface area contributed by atoms with E-state index < -0.39 is 0 Å². The topological polar surface area (TPSA) is 83.6 Å². The molecule has 5 aromatic rings. The number of carbonyl (C=O) groups excluding carboxylic acids is 1. The van der Waals surface area contributed by atoms with E-state index in [1.807, 2.05) is 66.7 Å². The van der Waals surface area contributed by atoms with Gasteiger partial charge in [-0.1, -0.05) is 66.4 Å². The summed E-state index contributed by atoms with van der Waals surface area (Å²) in [6, 6.07) is 21.8. The number of nitrogens with zero attached hydrogens (tertiary/aromatic N) is 3. The number of aromatic nitrogens is 4. The van der Waals surface area contributed by atoms with Gasteiger partial charge in [-0.25, -0.2) is 4.98 Å². The van der Waals surface area contributed by atoms with Crippen molar-refractivity contribution in [2.24, 2.45) is 0 Å². The molecule has 2 N–H and O–H groups in total. The zero-order chi connectivity index (χ0) is 19.6. The maximum Gasteiger partial charge on any atom is 0.225 e. The molecule has 0 saturated carbocycles. The van der Waals surface area contributed by atoms with E-state index >= 15 is 0 Å². The summed E-state index contributed by atoms with van der Waals surface area (Å²) in [5, 5.41) is 15.2. The first kappa shape index (κ1) is 17.6. The molecule has 6 nitrogen and oxygen atoms in total. The molecule has 0 bridgehead atoms. The van der Waals surface area contributed by atoms with Gasteiger partial charge in [0.1, 0.15) is 5.52 Å². The second-order valence-electron chi connectivity index (χ2n) is 6.64. The van der Waals surface area contributed by atoms with Crippen LogP contribution in [-0.2, 0) is 4.79 Å². The fourth-order valence-electron chi connectivity index (χ4n) is 3.35. The van der Waals surface area contributed by atoms with Crippen molar-refractivity contribution in [3.05, 3.63) is 66.7 Å². The fraction of sp³-hybridized carbons (Fsp3) is 0.0909. The van der Waals surface area contributed by atoms with Crippen LogP contribution in [0, 0.1) is 0 Å². The van der Waals surface area contributed by atoms with E-state index in [4.69, 9.17) is 0 Å². The first-order valence-electron chi connectivity index (χ1n) is 9.29. The minimum absolute atomic E-state index is 0.0338. The molecule has 1 amide bonds. The summed E-state index contributed by atoms with van der Waals surface area (Å²) in [7, 11) is 0. The third kappa shape index (κ3) is 3.52. The second kappa shape index (κ2) is 7.52. The number of hydrogen-bond acceptors (Lipinski definition) is 5. The van der Waals surface area contributed by atoms with Gasteiger partial charge in [0.25, 0.3) is 0 Å². The van der Waals surface area contributed by atoms with Crippen molar-refractivity contribution in [3.63, 3.8) is 0 Å². The van der Waals surface area contributed by atoms with Gasteiger partial charge in [0.05, 0.1) is 0 Å². The lowest BCUT2D eigenvalue weighted by Gasteiger charge is -2.08. The molecule has 2 heterocycles. The van der Waals surface area contributed by atoms with Gasteiger partial charge in [-0.3, -0.25) is 4.79 Å². The third-order valence-corrected chi connectivity index (χ3v) is 5.57. The van der Waals surface area contributed by atoms with Gasteiger partial charge in [-0.15, -0.1) is 10.2 Å². The van der Waals surface area contributed by atoms with Crippen molar-refractivity contribution in [1.82, 2.24) is 20.2 Å². The molecule has 0 saturated heterocycles. The first-order chi connectivity index (χ1) is 14.3. The molecule has 0 atom stereocenters. The van der Waals surface area contributed by atoms with Gasteiger partial charge >= 0.3 is 0 Å². The van der Waals surface area contributed by atoms with Crippen molar-refractivity contribution in [2.75, 3.05) is 11.1 Å². The molecule has 0 unspecified atom stereocenters. The van der Waals surface area contributed by atoms with E-state index in [1.165, 1.54) is 11.8 Å². The van der Waals surface area contributed by atoms with Crippen molar-refractivity contribution in [1.29, 1.82) is 0 Å². The lowest BCUT2D eigenvalue weighted by molar-refractivity contribution is -0.115. The fourth-order valence-corrected chi connectivity index (χ4v) is 4.07. The predicted octanol–water partition coefficient (Wildman–Crippen LogP) is 4.78. The predicted molar refractivity (Wildman–Crippen MR) is 117 cm³/mol. The van der Waals surface area contributed by atoms with E-state index in [9.17, 15) is 4.79 Å². The summed E-state index contributed by atoms with van der Waals surface area (Å²) in [5.74, 6) is 0.540. The molecule has 29 heavy (non-hydrogen) atoms.